The SMILES string of the molecule is C[C@]12CC[C@H](O)C[C@@H]1C[C@@H](O)C1[C@@H]2CC[C@]2(C)[C@@H](O)CC[C@@H]12. The third-order valence-corrected chi connectivity index (χ3v) is 8.61. The molecule has 126 valence electrons. The highest BCUT2D eigenvalue weighted by Gasteiger charge is 2.62. The first-order valence-corrected chi connectivity index (χ1v) is 9.40. The summed E-state index contributed by atoms with van der Waals surface area (Å²) in [7, 11) is 0. The number of hydrogen-bond donors (Lipinski definition) is 3. The van der Waals surface area contributed by atoms with Gasteiger partial charge in [0.25, 0.3) is 0 Å². The van der Waals surface area contributed by atoms with Gasteiger partial charge in [0.1, 0.15) is 0 Å². The lowest BCUT2D eigenvalue weighted by atomic mass is 9.44. The van der Waals surface area contributed by atoms with Crippen LogP contribution in [0.1, 0.15) is 65.2 Å². The maximum absolute atomic E-state index is 10.9. The van der Waals surface area contributed by atoms with Gasteiger partial charge >= 0.3 is 0 Å². The van der Waals surface area contributed by atoms with E-state index in [4.69, 9.17) is 0 Å². The Hall–Kier alpha value is -0.120. The molecule has 3 heteroatoms. The van der Waals surface area contributed by atoms with Crippen molar-refractivity contribution < 1.29 is 15.3 Å². The summed E-state index contributed by atoms with van der Waals surface area (Å²) in [6, 6.07) is 0. The number of aliphatic hydroxyl groups excluding tert-OH is 3. The van der Waals surface area contributed by atoms with Crippen molar-refractivity contribution in [3.8, 4) is 0 Å². The van der Waals surface area contributed by atoms with Gasteiger partial charge in [-0.25, -0.2) is 0 Å². The second kappa shape index (κ2) is 4.94. The summed E-state index contributed by atoms with van der Waals surface area (Å²) in [5.74, 6) is 1.91. The summed E-state index contributed by atoms with van der Waals surface area (Å²) >= 11 is 0. The largest absolute Gasteiger partial charge is 0.393 e. The molecule has 3 nitrogen and oxygen atoms in total. The molecule has 0 saturated heterocycles. The molecule has 0 aliphatic heterocycles. The van der Waals surface area contributed by atoms with Crippen molar-refractivity contribution in [2.75, 3.05) is 0 Å². The van der Waals surface area contributed by atoms with Crippen LogP contribution >= 0.6 is 0 Å². The molecule has 4 aliphatic carbocycles. The molecular formula is C19H32O3. The summed E-state index contributed by atoms with van der Waals surface area (Å²) in [6.45, 7) is 4.69. The van der Waals surface area contributed by atoms with Crippen LogP contribution in [0.5, 0.6) is 0 Å². The molecule has 0 spiro atoms. The van der Waals surface area contributed by atoms with Crippen LogP contribution in [0.15, 0.2) is 0 Å². The Kier molecular flexibility index (Phi) is 3.46. The van der Waals surface area contributed by atoms with Crippen LogP contribution in [0.2, 0.25) is 0 Å². The highest BCUT2D eigenvalue weighted by atomic mass is 16.3. The molecule has 1 unspecified atom stereocenters. The zero-order valence-electron chi connectivity index (χ0n) is 14.0. The summed E-state index contributed by atoms with van der Waals surface area (Å²) in [4.78, 5) is 0. The minimum absolute atomic E-state index is 0.0273. The minimum Gasteiger partial charge on any atom is -0.393 e. The second-order valence-corrected chi connectivity index (χ2v) is 9.36. The van der Waals surface area contributed by atoms with Crippen LogP contribution in [0, 0.1) is 34.5 Å². The maximum atomic E-state index is 10.9. The van der Waals surface area contributed by atoms with Gasteiger partial charge in [-0.1, -0.05) is 13.8 Å². The van der Waals surface area contributed by atoms with Gasteiger partial charge in [0.15, 0.2) is 0 Å². The Balaban J connectivity index is 1.67. The molecule has 22 heavy (non-hydrogen) atoms. The van der Waals surface area contributed by atoms with Crippen LogP contribution in [-0.2, 0) is 0 Å². The van der Waals surface area contributed by atoms with Crippen molar-refractivity contribution in [2.45, 2.75) is 83.5 Å². The summed E-state index contributed by atoms with van der Waals surface area (Å²) < 4.78 is 0. The highest BCUT2D eigenvalue weighted by Crippen LogP contribution is 2.66. The van der Waals surface area contributed by atoms with E-state index in [0.29, 0.717) is 23.7 Å². The summed E-state index contributed by atoms with van der Waals surface area (Å²) in [6.07, 6.45) is 7.45. The molecule has 3 N–H and O–H groups in total. The third kappa shape index (κ3) is 1.91. The Morgan fingerprint density at radius 1 is 0.773 bits per heavy atom. The van der Waals surface area contributed by atoms with E-state index in [1.54, 1.807) is 0 Å². The van der Waals surface area contributed by atoms with Crippen molar-refractivity contribution >= 4 is 0 Å². The van der Waals surface area contributed by atoms with Crippen LogP contribution in [0.25, 0.3) is 0 Å². The van der Waals surface area contributed by atoms with Crippen LogP contribution < -0.4 is 0 Å². The molecule has 0 amide bonds. The van der Waals surface area contributed by atoms with Crippen LogP contribution in [-0.4, -0.2) is 33.6 Å². The van der Waals surface area contributed by atoms with Gasteiger partial charge in [-0.05, 0) is 85.9 Å². The highest BCUT2D eigenvalue weighted by molar-refractivity contribution is 5.11. The van der Waals surface area contributed by atoms with Crippen LogP contribution in [0.3, 0.4) is 0 Å². The first-order valence-electron chi connectivity index (χ1n) is 9.40. The number of rotatable bonds is 0. The van der Waals surface area contributed by atoms with Crippen LogP contribution in [0.4, 0.5) is 0 Å². The predicted octanol–water partition coefficient (Wildman–Crippen LogP) is 2.72. The van der Waals surface area contributed by atoms with Gasteiger partial charge in [-0.15, -0.1) is 0 Å². The molecule has 0 heterocycles. The lowest BCUT2D eigenvalue weighted by molar-refractivity contribution is -0.176. The molecule has 0 aromatic rings. The topological polar surface area (TPSA) is 60.7 Å². The second-order valence-electron chi connectivity index (χ2n) is 9.36. The van der Waals surface area contributed by atoms with E-state index in [0.717, 1.165) is 51.4 Å². The van der Waals surface area contributed by atoms with Crippen molar-refractivity contribution in [3.63, 3.8) is 0 Å². The van der Waals surface area contributed by atoms with E-state index < -0.39 is 0 Å². The molecule has 0 aromatic heterocycles. The predicted molar refractivity (Wildman–Crippen MR) is 85.1 cm³/mol. The number of fused-ring (bicyclic) bond motifs is 5. The molecule has 0 radical (unpaired) electrons. The number of hydrogen-bond acceptors (Lipinski definition) is 3. The van der Waals surface area contributed by atoms with Gasteiger partial charge in [0, 0.05) is 0 Å². The Morgan fingerprint density at radius 3 is 2.23 bits per heavy atom. The number of aliphatic hydroxyl groups is 3. The minimum atomic E-state index is -0.233. The zero-order valence-corrected chi connectivity index (χ0v) is 14.0. The quantitative estimate of drug-likeness (QED) is 0.645. The first-order chi connectivity index (χ1) is 10.4. The Bertz CT molecular complexity index is 452. The standard InChI is InChI=1S/C19H32O3/c1-18-7-5-12(20)9-11(18)10-15(21)17-13-3-4-16(22)19(13,2)8-6-14(17)18/h11-17,20-22H,3-10H2,1-2H3/t11-,12+,13+,14+,15-,16+,17?,18+,19+/m1/s1. The van der Waals surface area contributed by atoms with E-state index in [1.165, 1.54) is 0 Å². The van der Waals surface area contributed by atoms with E-state index in [2.05, 4.69) is 13.8 Å². The summed E-state index contributed by atoms with van der Waals surface area (Å²) in [5, 5.41) is 31.5. The molecule has 4 aliphatic rings. The van der Waals surface area contributed by atoms with Gasteiger partial charge in [-0.3, -0.25) is 0 Å². The fourth-order valence-corrected chi connectivity index (χ4v) is 7.17. The summed E-state index contributed by atoms with van der Waals surface area (Å²) in [5.41, 5.74) is 0.317. The average molecular weight is 308 g/mol. The van der Waals surface area contributed by atoms with Gasteiger partial charge in [-0.2, -0.15) is 0 Å². The fraction of sp³-hybridized carbons (Fsp3) is 1.00. The van der Waals surface area contributed by atoms with Crippen molar-refractivity contribution in [2.24, 2.45) is 34.5 Å². The molecule has 4 rings (SSSR count). The van der Waals surface area contributed by atoms with Crippen molar-refractivity contribution in [1.82, 2.24) is 0 Å². The van der Waals surface area contributed by atoms with Gasteiger partial charge in [0.2, 0.25) is 0 Å². The van der Waals surface area contributed by atoms with Gasteiger partial charge < -0.3 is 15.3 Å². The van der Waals surface area contributed by atoms with Crippen molar-refractivity contribution in [3.05, 3.63) is 0 Å². The molecular weight excluding hydrogens is 276 g/mol. The lowest BCUT2D eigenvalue weighted by Gasteiger charge is -2.62. The zero-order chi connectivity index (χ0) is 15.7. The Labute approximate surface area is 134 Å². The van der Waals surface area contributed by atoms with Crippen molar-refractivity contribution in [1.29, 1.82) is 0 Å². The molecule has 0 aromatic carbocycles. The third-order valence-electron chi connectivity index (χ3n) is 8.61. The normalized spacial score (nSPS) is 61.2. The van der Waals surface area contributed by atoms with E-state index in [9.17, 15) is 15.3 Å². The van der Waals surface area contributed by atoms with Gasteiger partial charge in [0.05, 0.1) is 18.3 Å². The maximum Gasteiger partial charge on any atom is 0.0596 e. The van der Waals surface area contributed by atoms with E-state index in [1.807, 2.05) is 0 Å². The fourth-order valence-electron chi connectivity index (χ4n) is 7.17. The lowest BCUT2D eigenvalue weighted by Crippen LogP contribution is -2.58. The monoisotopic (exact) mass is 308 g/mol. The Morgan fingerprint density at radius 2 is 1.45 bits per heavy atom. The molecule has 4 fully saturated rings. The van der Waals surface area contributed by atoms with E-state index >= 15 is 0 Å². The average Bonchev–Trinajstić information content (AvgIpc) is 2.77. The smallest absolute Gasteiger partial charge is 0.0596 e. The van der Waals surface area contributed by atoms with E-state index in [-0.39, 0.29) is 29.1 Å². The first kappa shape index (κ1) is 15.4. The molecule has 4 saturated carbocycles. The molecule has 9 atom stereocenters. The molecule has 0 bridgehead atoms.